The molecule has 2 rings (SSSR count). The minimum atomic E-state index is 0.0559. The number of ether oxygens (including phenoxy) is 2. The van der Waals surface area contributed by atoms with Crippen LogP contribution in [0, 0.1) is 13.8 Å². The summed E-state index contributed by atoms with van der Waals surface area (Å²) < 4.78 is 11.5. The van der Waals surface area contributed by atoms with Crippen molar-refractivity contribution >= 4 is 5.82 Å². The number of anilines is 1. The van der Waals surface area contributed by atoms with Gasteiger partial charge in [0.1, 0.15) is 11.9 Å². The van der Waals surface area contributed by atoms with Crippen LogP contribution in [-0.2, 0) is 9.47 Å². The van der Waals surface area contributed by atoms with E-state index in [9.17, 15) is 0 Å². The molecule has 0 aliphatic carbocycles. The van der Waals surface area contributed by atoms with E-state index in [0.29, 0.717) is 13.2 Å². The highest BCUT2D eigenvalue weighted by Gasteiger charge is 2.27. The zero-order valence-electron chi connectivity index (χ0n) is 13.4. The molecule has 1 aromatic rings. The predicted octanol–water partition coefficient (Wildman–Crippen LogP) is 1.24. The van der Waals surface area contributed by atoms with Crippen molar-refractivity contribution in [3.63, 3.8) is 0 Å². The van der Waals surface area contributed by atoms with Crippen LogP contribution in [0.4, 0.5) is 5.82 Å². The molecule has 1 fully saturated rings. The first-order valence-corrected chi connectivity index (χ1v) is 7.47. The van der Waals surface area contributed by atoms with Crippen molar-refractivity contribution < 1.29 is 9.47 Å². The lowest BCUT2D eigenvalue weighted by molar-refractivity contribution is -0.0592. The maximum atomic E-state index is 5.97. The van der Waals surface area contributed by atoms with Gasteiger partial charge in [0.05, 0.1) is 30.6 Å². The van der Waals surface area contributed by atoms with Gasteiger partial charge in [-0.15, -0.1) is 0 Å². The summed E-state index contributed by atoms with van der Waals surface area (Å²) in [6.45, 7) is 6.92. The molecule has 0 spiro atoms. The van der Waals surface area contributed by atoms with E-state index in [0.717, 1.165) is 36.8 Å². The van der Waals surface area contributed by atoms with Crippen LogP contribution < -0.4 is 5.32 Å². The quantitative estimate of drug-likeness (QED) is 0.852. The largest absolute Gasteiger partial charge is 0.379 e. The third-order valence-corrected chi connectivity index (χ3v) is 3.57. The van der Waals surface area contributed by atoms with Crippen LogP contribution in [0.5, 0.6) is 0 Å². The summed E-state index contributed by atoms with van der Waals surface area (Å²) in [7, 11) is 4.09. The first-order chi connectivity index (χ1) is 10.1. The van der Waals surface area contributed by atoms with Crippen LogP contribution >= 0.6 is 0 Å². The highest BCUT2D eigenvalue weighted by Crippen LogP contribution is 2.18. The Bertz CT molecular complexity index is 453. The third kappa shape index (κ3) is 4.91. The van der Waals surface area contributed by atoms with E-state index in [-0.39, 0.29) is 12.1 Å². The molecule has 6 nitrogen and oxygen atoms in total. The Balaban J connectivity index is 1.96. The molecule has 0 unspecified atom stereocenters. The molecular formula is C15H26N4O2. The molecule has 1 aliphatic rings. The molecule has 0 bridgehead atoms. The lowest BCUT2D eigenvalue weighted by Gasteiger charge is -2.33. The van der Waals surface area contributed by atoms with Crippen molar-refractivity contribution in [3.8, 4) is 0 Å². The number of rotatable bonds is 6. The summed E-state index contributed by atoms with van der Waals surface area (Å²) in [6, 6.07) is 0.218. The highest BCUT2D eigenvalue weighted by atomic mass is 16.5. The van der Waals surface area contributed by atoms with E-state index >= 15 is 0 Å². The maximum absolute atomic E-state index is 5.97. The molecular weight excluding hydrogens is 268 g/mol. The van der Waals surface area contributed by atoms with Gasteiger partial charge >= 0.3 is 0 Å². The molecule has 0 amide bonds. The van der Waals surface area contributed by atoms with E-state index < -0.39 is 0 Å². The van der Waals surface area contributed by atoms with E-state index in [4.69, 9.17) is 9.47 Å². The summed E-state index contributed by atoms with van der Waals surface area (Å²) in [6.07, 6.45) is 2.76. The van der Waals surface area contributed by atoms with Crippen molar-refractivity contribution in [2.45, 2.75) is 32.4 Å². The second kappa shape index (κ2) is 7.68. The lowest BCUT2D eigenvalue weighted by Crippen LogP contribution is -2.44. The Morgan fingerprint density at radius 3 is 3.00 bits per heavy atom. The van der Waals surface area contributed by atoms with Gasteiger partial charge < -0.3 is 19.7 Å². The fourth-order valence-electron chi connectivity index (χ4n) is 2.28. The normalized spacial score (nSPS) is 22.5. The van der Waals surface area contributed by atoms with Crippen molar-refractivity contribution in [3.05, 3.63) is 17.6 Å². The molecule has 0 aromatic carbocycles. The fraction of sp³-hybridized carbons (Fsp3) is 0.733. The van der Waals surface area contributed by atoms with Gasteiger partial charge in [-0.05, 0) is 34.4 Å². The van der Waals surface area contributed by atoms with Crippen LogP contribution in [0.15, 0.2) is 6.20 Å². The maximum Gasteiger partial charge on any atom is 0.148 e. The van der Waals surface area contributed by atoms with Crippen LogP contribution in [0.3, 0.4) is 0 Å². The van der Waals surface area contributed by atoms with Crippen LogP contribution in [-0.4, -0.2) is 67.5 Å². The Morgan fingerprint density at radius 2 is 2.24 bits per heavy atom. The molecule has 1 aromatic heterocycles. The van der Waals surface area contributed by atoms with E-state index in [2.05, 4.69) is 20.2 Å². The number of hydrogen-bond acceptors (Lipinski definition) is 6. The Hall–Kier alpha value is -1.24. The van der Waals surface area contributed by atoms with Crippen molar-refractivity contribution in [2.24, 2.45) is 0 Å². The van der Waals surface area contributed by atoms with Gasteiger partial charge in [0, 0.05) is 19.3 Å². The van der Waals surface area contributed by atoms with Gasteiger partial charge in [0.25, 0.3) is 0 Å². The first kappa shape index (κ1) is 16.1. The summed E-state index contributed by atoms with van der Waals surface area (Å²) >= 11 is 0. The minimum absolute atomic E-state index is 0.0559. The number of nitrogens with one attached hydrogen (secondary N) is 1. The Morgan fingerprint density at radius 1 is 1.43 bits per heavy atom. The average Bonchev–Trinajstić information content (AvgIpc) is 2.44. The Labute approximate surface area is 126 Å². The van der Waals surface area contributed by atoms with E-state index in [1.807, 2.05) is 27.9 Å². The molecule has 118 valence electrons. The number of aryl methyl sites for hydroxylation is 2. The molecule has 1 saturated heterocycles. The number of hydrogen-bond donors (Lipinski definition) is 1. The van der Waals surface area contributed by atoms with Crippen LogP contribution in [0.2, 0.25) is 0 Å². The Kier molecular flexibility index (Phi) is 5.90. The third-order valence-electron chi connectivity index (χ3n) is 3.57. The van der Waals surface area contributed by atoms with E-state index in [1.165, 1.54) is 0 Å². The number of nitrogens with zero attached hydrogens (tertiary/aromatic N) is 3. The zero-order valence-corrected chi connectivity index (χ0v) is 13.4. The predicted molar refractivity (Wildman–Crippen MR) is 82.6 cm³/mol. The van der Waals surface area contributed by atoms with E-state index in [1.54, 1.807) is 6.20 Å². The average molecular weight is 294 g/mol. The van der Waals surface area contributed by atoms with Gasteiger partial charge in [-0.2, -0.15) is 0 Å². The van der Waals surface area contributed by atoms with Gasteiger partial charge in [0.2, 0.25) is 0 Å². The molecule has 6 heteroatoms. The van der Waals surface area contributed by atoms with Crippen molar-refractivity contribution in [1.29, 1.82) is 0 Å². The standard InChI is InChI=1S/C15H26N4O2/c1-11-9-16-12(2)15(17-11)18-13-5-7-20-10-14(13)21-8-6-19(3)4/h9,13-14H,5-8,10H2,1-4H3,(H,17,18)/t13-,14-/m1/s1. The smallest absolute Gasteiger partial charge is 0.148 e. The van der Waals surface area contributed by atoms with Crippen molar-refractivity contribution in [2.75, 3.05) is 45.8 Å². The molecule has 21 heavy (non-hydrogen) atoms. The summed E-state index contributed by atoms with van der Waals surface area (Å²) in [5, 5.41) is 3.49. The number of likely N-dealkylation sites (N-methyl/N-ethyl adjacent to an activating group) is 1. The molecule has 0 radical (unpaired) electrons. The van der Waals surface area contributed by atoms with Gasteiger partial charge in [-0.25, -0.2) is 4.98 Å². The summed E-state index contributed by atoms with van der Waals surface area (Å²) in [5.41, 5.74) is 1.83. The second-order valence-electron chi connectivity index (χ2n) is 5.77. The first-order valence-electron chi connectivity index (χ1n) is 7.47. The molecule has 1 aliphatic heterocycles. The molecule has 0 saturated carbocycles. The molecule has 2 atom stereocenters. The summed E-state index contributed by atoms with van der Waals surface area (Å²) in [4.78, 5) is 11.0. The summed E-state index contributed by atoms with van der Waals surface area (Å²) in [5.74, 6) is 0.850. The fourth-order valence-corrected chi connectivity index (χ4v) is 2.28. The second-order valence-corrected chi connectivity index (χ2v) is 5.77. The van der Waals surface area contributed by atoms with Crippen molar-refractivity contribution in [1.82, 2.24) is 14.9 Å². The highest BCUT2D eigenvalue weighted by molar-refractivity contribution is 5.41. The SMILES string of the molecule is Cc1cnc(C)c(N[C@@H]2CCOC[C@H]2OCCN(C)C)n1. The van der Waals surface area contributed by atoms with Crippen LogP contribution in [0.25, 0.3) is 0 Å². The van der Waals surface area contributed by atoms with Gasteiger partial charge in [-0.3, -0.25) is 4.98 Å². The van der Waals surface area contributed by atoms with Gasteiger partial charge in [-0.1, -0.05) is 0 Å². The minimum Gasteiger partial charge on any atom is -0.379 e. The molecule has 1 N–H and O–H groups in total. The monoisotopic (exact) mass is 294 g/mol. The van der Waals surface area contributed by atoms with Gasteiger partial charge in [0.15, 0.2) is 0 Å². The lowest BCUT2D eigenvalue weighted by atomic mass is 10.1. The number of aromatic nitrogens is 2. The topological polar surface area (TPSA) is 59.5 Å². The zero-order chi connectivity index (χ0) is 15.2. The molecule has 2 heterocycles. The van der Waals surface area contributed by atoms with Crippen LogP contribution in [0.1, 0.15) is 17.8 Å².